The van der Waals surface area contributed by atoms with E-state index in [-0.39, 0.29) is 19.0 Å². The highest BCUT2D eigenvalue weighted by atomic mass is 19.1. The lowest BCUT2D eigenvalue weighted by molar-refractivity contribution is -0.0742. The van der Waals surface area contributed by atoms with Gasteiger partial charge in [0.15, 0.2) is 0 Å². The molecule has 33 heavy (non-hydrogen) atoms. The molecule has 6 nitrogen and oxygen atoms in total. The molecule has 2 aliphatic rings. The SMILES string of the molecule is Cc1cc(OC[C@]2(O)COCCN(CC3(O)CCN(c4ccccc4C)CC3)C2)ccc1F. The Kier molecular flexibility index (Phi) is 7.24. The van der Waals surface area contributed by atoms with Gasteiger partial charge >= 0.3 is 0 Å². The zero-order chi connectivity index (χ0) is 23.5. The van der Waals surface area contributed by atoms with Crippen LogP contribution in [0.2, 0.25) is 0 Å². The first-order valence-electron chi connectivity index (χ1n) is 11.7. The lowest BCUT2D eigenvalue weighted by atomic mass is 9.89. The van der Waals surface area contributed by atoms with E-state index in [2.05, 4.69) is 34.9 Å². The third kappa shape index (κ3) is 6.03. The van der Waals surface area contributed by atoms with Gasteiger partial charge in [-0.05, 0) is 62.1 Å². The summed E-state index contributed by atoms with van der Waals surface area (Å²) in [7, 11) is 0. The van der Waals surface area contributed by atoms with Gasteiger partial charge in [0, 0.05) is 38.4 Å². The van der Waals surface area contributed by atoms with Gasteiger partial charge in [-0.2, -0.15) is 0 Å². The molecule has 0 amide bonds. The fourth-order valence-electron chi connectivity index (χ4n) is 4.80. The number of hydrogen-bond acceptors (Lipinski definition) is 6. The van der Waals surface area contributed by atoms with Crippen LogP contribution >= 0.6 is 0 Å². The minimum atomic E-state index is -1.21. The van der Waals surface area contributed by atoms with E-state index in [0.29, 0.717) is 50.4 Å². The molecule has 2 aromatic carbocycles. The van der Waals surface area contributed by atoms with E-state index >= 15 is 0 Å². The monoisotopic (exact) mass is 458 g/mol. The first kappa shape index (κ1) is 24.0. The van der Waals surface area contributed by atoms with Crippen molar-refractivity contribution in [2.45, 2.75) is 37.9 Å². The Morgan fingerprint density at radius 2 is 1.76 bits per heavy atom. The van der Waals surface area contributed by atoms with Crippen LogP contribution in [0.1, 0.15) is 24.0 Å². The minimum absolute atomic E-state index is 0.0358. The summed E-state index contributed by atoms with van der Waals surface area (Å²) in [6.45, 7) is 7.53. The van der Waals surface area contributed by atoms with E-state index in [0.717, 1.165) is 13.1 Å². The molecule has 2 heterocycles. The van der Waals surface area contributed by atoms with Crippen molar-refractivity contribution in [1.82, 2.24) is 4.90 Å². The van der Waals surface area contributed by atoms with Gasteiger partial charge in [-0.3, -0.25) is 4.90 Å². The van der Waals surface area contributed by atoms with Gasteiger partial charge in [-0.1, -0.05) is 18.2 Å². The number of nitrogens with zero attached hydrogens (tertiary/aromatic N) is 2. The molecule has 1 atom stereocenters. The molecule has 0 radical (unpaired) electrons. The molecule has 2 aliphatic heterocycles. The quantitative estimate of drug-likeness (QED) is 0.694. The van der Waals surface area contributed by atoms with Crippen molar-refractivity contribution in [3.05, 3.63) is 59.4 Å². The Morgan fingerprint density at radius 1 is 1.00 bits per heavy atom. The molecule has 7 heteroatoms. The summed E-state index contributed by atoms with van der Waals surface area (Å²) in [5, 5.41) is 22.5. The number of piperidine rings is 1. The van der Waals surface area contributed by atoms with Crippen LogP contribution in [0.15, 0.2) is 42.5 Å². The Balaban J connectivity index is 1.34. The number of ether oxygens (including phenoxy) is 2. The average Bonchev–Trinajstić information content (AvgIpc) is 2.97. The predicted octanol–water partition coefficient (Wildman–Crippen LogP) is 2.92. The molecule has 2 saturated heterocycles. The molecule has 2 fully saturated rings. The molecule has 0 saturated carbocycles. The van der Waals surface area contributed by atoms with E-state index in [1.54, 1.807) is 19.1 Å². The van der Waals surface area contributed by atoms with Gasteiger partial charge in [0.25, 0.3) is 0 Å². The summed E-state index contributed by atoms with van der Waals surface area (Å²) in [6, 6.07) is 12.9. The fraction of sp³-hybridized carbons (Fsp3) is 0.538. The van der Waals surface area contributed by atoms with Gasteiger partial charge in [-0.15, -0.1) is 0 Å². The first-order chi connectivity index (χ1) is 15.8. The third-order valence-corrected chi connectivity index (χ3v) is 6.75. The van der Waals surface area contributed by atoms with Gasteiger partial charge in [0.05, 0.1) is 18.8 Å². The Bertz CT molecular complexity index is 948. The average molecular weight is 459 g/mol. The molecular weight excluding hydrogens is 423 g/mol. The van der Waals surface area contributed by atoms with E-state index in [9.17, 15) is 14.6 Å². The van der Waals surface area contributed by atoms with E-state index in [4.69, 9.17) is 9.47 Å². The van der Waals surface area contributed by atoms with Crippen molar-refractivity contribution in [3.63, 3.8) is 0 Å². The fourth-order valence-corrected chi connectivity index (χ4v) is 4.80. The van der Waals surface area contributed by atoms with Crippen molar-refractivity contribution in [2.24, 2.45) is 0 Å². The number of benzene rings is 2. The van der Waals surface area contributed by atoms with Gasteiger partial charge in [-0.25, -0.2) is 4.39 Å². The number of para-hydroxylation sites is 1. The largest absolute Gasteiger partial charge is 0.490 e. The van der Waals surface area contributed by atoms with Gasteiger partial charge < -0.3 is 24.6 Å². The topological polar surface area (TPSA) is 65.4 Å². The Morgan fingerprint density at radius 3 is 2.48 bits per heavy atom. The molecule has 180 valence electrons. The van der Waals surface area contributed by atoms with E-state index in [1.807, 2.05) is 6.07 Å². The minimum Gasteiger partial charge on any atom is -0.490 e. The Labute approximate surface area is 195 Å². The lowest BCUT2D eigenvalue weighted by Crippen LogP contribution is -2.55. The summed E-state index contributed by atoms with van der Waals surface area (Å²) in [5.41, 5.74) is 0.952. The smallest absolute Gasteiger partial charge is 0.134 e. The number of anilines is 1. The van der Waals surface area contributed by atoms with Crippen LogP contribution in [0, 0.1) is 19.7 Å². The van der Waals surface area contributed by atoms with Gasteiger partial charge in [0.2, 0.25) is 0 Å². The molecule has 0 aliphatic carbocycles. The summed E-state index contributed by atoms with van der Waals surface area (Å²) in [5.74, 6) is 0.229. The van der Waals surface area contributed by atoms with Crippen LogP contribution in [-0.2, 0) is 4.74 Å². The summed E-state index contributed by atoms with van der Waals surface area (Å²) < 4.78 is 25.0. The van der Waals surface area contributed by atoms with Crippen molar-refractivity contribution < 1.29 is 24.1 Å². The van der Waals surface area contributed by atoms with Crippen molar-refractivity contribution in [3.8, 4) is 5.75 Å². The summed E-state index contributed by atoms with van der Waals surface area (Å²) in [4.78, 5) is 4.42. The van der Waals surface area contributed by atoms with E-state index in [1.165, 1.54) is 17.3 Å². The number of aliphatic hydroxyl groups is 2. The molecule has 2 N–H and O–H groups in total. The third-order valence-electron chi connectivity index (χ3n) is 6.75. The molecule has 4 rings (SSSR count). The molecular formula is C26H35FN2O4. The second kappa shape index (κ2) is 9.97. The summed E-state index contributed by atoms with van der Waals surface area (Å²) >= 11 is 0. The van der Waals surface area contributed by atoms with Crippen LogP contribution in [0.25, 0.3) is 0 Å². The second-order valence-electron chi connectivity index (χ2n) is 9.69. The molecule has 0 unspecified atom stereocenters. The predicted molar refractivity (Wildman–Crippen MR) is 126 cm³/mol. The standard InChI is InChI=1S/C26H35FN2O4/c1-20-5-3-4-6-24(20)29-11-9-25(30,10-12-29)16-28-13-14-32-18-26(31,17-28)19-33-22-7-8-23(27)21(2)15-22/h3-8,15,30-31H,9-14,16-19H2,1-2H3/t26-/m1/s1. The molecule has 2 aromatic rings. The van der Waals surface area contributed by atoms with Crippen molar-refractivity contribution >= 4 is 5.69 Å². The van der Waals surface area contributed by atoms with Crippen molar-refractivity contribution in [1.29, 1.82) is 0 Å². The van der Waals surface area contributed by atoms with Crippen molar-refractivity contribution in [2.75, 3.05) is 57.4 Å². The first-order valence-corrected chi connectivity index (χ1v) is 11.7. The molecule has 0 spiro atoms. The number of β-amino-alcohol motifs (C(OH)–C–C–N with tert-alkyl or cyclic N) is 2. The molecule has 0 bridgehead atoms. The van der Waals surface area contributed by atoms with Gasteiger partial charge in [0.1, 0.15) is 23.8 Å². The Hall–Kier alpha value is -2.19. The van der Waals surface area contributed by atoms with Crippen LogP contribution in [0.4, 0.5) is 10.1 Å². The van der Waals surface area contributed by atoms with Crippen LogP contribution < -0.4 is 9.64 Å². The normalized spacial score (nSPS) is 23.8. The number of aryl methyl sites for hydroxylation is 2. The lowest BCUT2D eigenvalue weighted by Gasteiger charge is -2.42. The number of hydrogen-bond donors (Lipinski definition) is 2. The zero-order valence-corrected chi connectivity index (χ0v) is 19.6. The van der Waals surface area contributed by atoms with Crippen LogP contribution in [0.5, 0.6) is 5.75 Å². The second-order valence-corrected chi connectivity index (χ2v) is 9.69. The van der Waals surface area contributed by atoms with Crippen LogP contribution in [0.3, 0.4) is 0 Å². The summed E-state index contributed by atoms with van der Waals surface area (Å²) in [6.07, 6.45) is 1.34. The van der Waals surface area contributed by atoms with Crippen LogP contribution in [-0.4, -0.2) is 78.9 Å². The highest BCUT2D eigenvalue weighted by molar-refractivity contribution is 5.53. The highest BCUT2D eigenvalue weighted by Crippen LogP contribution is 2.30. The number of halogens is 1. The number of rotatable bonds is 6. The molecule has 0 aromatic heterocycles. The maximum absolute atomic E-state index is 13.5. The maximum atomic E-state index is 13.5. The zero-order valence-electron chi connectivity index (χ0n) is 19.6. The maximum Gasteiger partial charge on any atom is 0.134 e. The highest BCUT2D eigenvalue weighted by Gasteiger charge is 2.39. The van der Waals surface area contributed by atoms with E-state index < -0.39 is 11.2 Å².